The molecule has 0 N–H and O–H groups in total. The number of amides is 2. The van der Waals surface area contributed by atoms with E-state index in [9.17, 15) is 9.59 Å². The van der Waals surface area contributed by atoms with E-state index in [0.717, 1.165) is 12.0 Å². The van der Waals surface area contributed by atoms with Crippen molar-refractivity contribution < 1.29 is 19.1 Å². The summed E-state index contributed by atoms with van der Waals surface area (Å²) in [5.74, 6) is 0.426. The monoisotopic (exact) mass is 346 g/mol. The third kappa shape index (κ3) is 3.63. The van der Waals surface area contributed by atoms with Gasteiger partial charge >= 0.3 is 0 Å². The number of benzene rings is 1. The average molecular weight is 346 g/mol. The van der Waals surface area contributed by atoms with Gasteiger partial charge in [0.15, 0.2) is 6.61 Å². The van der Waals surface area contributed by atoms with Crippen LogP contribution in [0.4, 0.5) is 5.69 Å². The summed E-state index contributed by atoms with van der Waals surface area (Å²) in [6.07, 6.45) is 0.979. The molecule has 1 aromatic rings. The predicted molar refractivity (Wildman–Crippen MR) is 95.0 cm³/mol. The summed E-state index contributed by atoms with van der Waals surface area (Å²) >= 11 is 0. The van der Waals surface area contributed by atoms with Gasteiger partial charge in [0.2, 0.25) is 5.91 Å². The fraction of sp³-hybridized carbons (Fsp3) is 0.579. The van der Waals surface area contributed by atoms with Crippen LogP contribution in [0, 0.1) is 0 Å². The van der Waals surface area contributed by atoms with E-state index in [1.54, 1.807) is 9.80 Å². The van der Waals surface area contributed by atoms with Gasteiger partial charge in [0.05, 0.1) is 18.9 Å². The molecule has 0 aromatic heterocycles. The minimum atomic E-state index is -0.180. The fourth-order valence-electron chi connectivity index (χ4n) is 3.05. The Labute approximate surface area is 148 Å². The molecule has 0 saturated carbocycles. The first-order valence-electron chi connectivity index (χ1n) is 8.85. The second-order valence-electron chi connectivity index (χ2n) is 7.18. The Hall–Kier alpha value is -2.08. The van der Waals surface area contributed by atoms with Crippen molar-refractivity contribution in [3.8, 4) is 5.75 Å². The number of carbonyl (C=O) groups excluding carboxylic acids is 2. The van der Waals surface area contributed by atoms with E-state index in [2.05, 4.69) is 20.8 Å². The number of ether oxygens (including phenoxy) is 2. The van der Waals surface area contributed by atoms with Crippen LogP contribution in [0.2, 0.25) is 0 Å². The molecule has 0 unspecified atom stereocenters. The molecule has 136 valence electrons. The van der Waals surface area contributed by atoms with Gasteiger partial charge in [-0.1, -0.05) is 26.8 Å². The third-order valence-electron chi connectivity index (χ3n) is 5.22. The maximum atomic E-state index is 12.6. The standard InChI is InChI=1S/C19H26N2O4/c1-4-19(2,3)14-5-6-16-15(11-14)21(18(23)13-25-16)12-17(22)20-7-9-24-10-8-20/h5-6,11H,4,7-10,12-13H2,1-3H3. The SMILES string of the molecule is CCC(C)(C)c1ccc2c(c1)N(CC(=O)N1CCOCC1)C(=O)CO2. The molecular weight excluding hydrogens is 320 g/mol. The molecule has 2 aliphatic rings. The molecule has 2 aliphatic heterocycles. The van der Waals surface area contributed by atoms with Crippen LogP contribution >= 0.6 is 0 Å². The van der Waals surface area contributed by atoms with Crippen molar-refractivity contribution in [1.29, 1.82) is 0 Å². The minimum absolute atomic E-state index is 0.00455. The van der Waals surface area contributed by atoms with Crippen LogP contribution in [0.5, 0.6) is 5.75 Å². The second kappa shape index (κ2) is 7.04. The molecule has 1 saturated heterocycles. The van der Waals surface area contributed by atoms with E-state index >= 15 is 0 Å². The number of carbonyl (C=O) groups is 2. The number of hydrogen-bond donors (Lipinski definition) is 0. The van der Waals surface area contributed by atoms with Gasteiger partial charge in [-0.3, -0.25) is 14.5 Å². The summed E-state index contributed by atoms with van der Waals surface area (Å²) in [5.41, 5.74) is 1.82. The second-order valence-corrected chi connectivity index (χ2v) is 7.18. The maximum Gasteiger partial charge on any atom is 0.265 e. The summed E-state index contributed by atoms with van der Waals surface area (Å²) in [7, 11) is 0. The van der Waals surface area contributed by atoms with Crippen molar-refractivity contribution in [1.82, 2.24) is 4.90 Å². The Balaban J connectivity index is 1.86. The number of fused-ring (bicyclic) bond motifs is 1. The van der Waals surface area contributed by atoms with Crippen molar-refractivity contribution in [3.63, 3.8) is 0 Å². The molecule has 1 fully saturated rings. The number of nitrogens with zero attached hydrogens (tertiary/aromatic N) is 2. The quantitative estimate of drug-likeness (QED) is 0.836. The van der Waals surface area contributed by atoms with Crippen LogP contribution in [0.15, 0.2) is 18.2 Å². The zero-order chi connectivity index (χ0) is 18.0. The lowest BCUT2D eigenvalue weighted by Crippen LogP contribution is -2.49. The molecule has 0 spiro atoms. The van der Waals surface area contributed by atoms with E-state index in [1.807, 2.05) is 18.2 Å². The molecule has 0 atom stereocenters. The highest BCUT2D eigenvalue weighted by Crippen LogP contribution is 2.37. The molecular formula is C19H26N2O4. The van der Waals surface area contributed by atoms with E-state index in [0.29, 0.717) is 37.7 Å². The molecule has 2 amide bonds. The van der Waals surface area contributed by atoms with Crippen molar-refractivity contribution in [2.24, 2.45) is 0 Å². The van der Waals surface area contributed by atoms with Crippen LogP contribution in [-0.2, 0) is 19.7 Å². The lowest BCUT2D eigenvalue weighted by Gasteiger charge is -2.34. The Morgan fingerprint density at radius 3 is 2.64 bits per heavy atom. The predicted octanol–water partition coefficient (Wildman–Crippen LogP) is 1.96. The Morgan fingerprint density at radius 1 is 1.24 bits per heavy atom. The number of hydrogen-bond acceptors (Lipinski definition) is 4. The topological polar surface area (TPSA) is 59.1 Å². The summed E-state index contributed by atoms with van der Waals surface area (Å²) in [5, 5.41) is 0. The van der Waals surface area contributed by atoms with Gasteiger partial charge in [-0.05, 0) is 29.5 Å². The van der Waals surface area contributed by atoms with Gasteiger partial charge in [-0.15, -0.1) is 0 Å². The van der Waals surface area contributed by atoms with Gasteiger partial charge in [-0.25, -0.2) is 0 Å². The molecule has 0 aliphatic carbocycles. The van der Waals surface area contributed by atoms with E-state index in [1.165, 1.54) is 0 Å². The van der Waals surface area contributed by atoms with E-state index in [4.69, 9.17) is 9.47 Å². The van der Waals surface area contributed by atoms with Crippen LogP contribution < -0.4 is 9.64 Å². The van der Waals surface area contributed by atoms with Crippen molar-refractivity contribution in [2.75, 3.05) is 44.4 Å². The van der Waals surface area contributed by atoms with E-state index in [-0.39, 0.29) is 30.4 Å². The van der Waals surface area contributed by atoms with Crippen molar-refractivity contribution in [3.05, 3.63) is 23.8 Å². The van der Waals surface area contributed by atoms with Crippen molar-refractivity contribution in [2.45, 2.75) is 32.6 Å². The Kier molecular flexibility index (Phi) is 4.99. The normalized spacial score (nSPS) is 18.0. The number of rotatable bonds is 4. The molecule has 0 radical (unpaired) electrons. The van der Waals surface area contributed by atoms with Gasteiger partial charge in [0.25, 0.3) is 5.91 Å². The minimum Gasteiger partial charge on any atom is -0.482 e. The van der Waals surface area contributed by atoms with Gasteiger partial charge < -0.3 is 14.4 Å². The first-order valence-corrected chi connectivity index (χ1v) is 8.85. The van der Waals surface area contributed by atoms with Crippen molar-refractivity contribution >= 4 is 17.5 Å². The third-order valence-corrected chi connectivity index (χ3v) is 5.22. The summed E-state index contributed by atoms with van der Waals surface area (Å²) in [6.45, 7) is 8.75. The first kappa shape index (κ1) is 17.7. The lowest BCUT2D eigenvalue weighted by atomic mass is 9.82. The Morgan fingerprint density at radius 2 is 1.96 bits per heavy atom. The summed E-state index contributed by atoms with van der Waals surface area (Å²) in [4.78, 5) is 28.3. The Bertz CT molecular complexity index is 665. The highest BCUT2D eigenvalue weighted by molar-refractivity contribution is 6.02. The highest BCUT2D eigenvalue weighted by atomic mass is 16.5. The molecule has 25 heavy (non-hydrogen) atoms. The number of morpholine rings is 1. The first-order chi connectivity index (χ1) is 11.9. The van der Waals surface area contributed by atoms with Gasteiger partial charge in [0, 0.05) is 13.1 Å². The zero-order valence-electron chi connectivity index (χ0n) is 15.2. The zero-order valence-corrected chi connectivity index (χ0v) is 15.2. The molecule has 2 heterocycles. The molecule has 6 nitrogen and oxygen atoms in total. The molecule has 6 heteroatoms. The van der Waals surface area contributed by atoms with E-state index < -0.39 is 0 Å². The van der Waals surface area contributed by atoms with Gasteiger partial charge in [-0.2, -0.15) is 0 Å². The van der Waals surface area contributed by atoms with Crippen LogP contribution in [0.25, 0.3) is 0 Å². The van der Waals surface area contributed by atoms with Gasteiger partial charge in [0.1, 0.15) is 12.3 Å². The number of anilines is 1. The lowest BCUT2D eigenvalue weighted by molar-refractivity contribution is -0.135. The maximum absolute atomic E-state index is 12.6. The molecule has 0 bridgehead atoms. The molecule has 3 rings (SSSR count). The largest absolute Gasteiger partial charge is 0.482 e. The highest BCUT2D eigenvalue weighted by Gasteiger charge is 2.31. The average Bonchev–Trinajstić information content (AvgIpc) is 2.64. The summed E-state index contributed by atoms with van der Waals surface area (Å²) < 4.78 is 10.8. The molecule has 1 aromatic carbocycles. The fourth-order valence-corrected chi connectivity index (χ4v) is 3.05. The summed E-state index contributed by atoms with van der Waals surface area (Å²) in [6, 6.07) is 5.93. The van der Waals surface area contributed by atoms with Crippen LogP contribution in [0.1, 0.15) is 32.8 Å². The van der Waals surface area contributed by atoms with Crippen LogP contribution in [0.3, 0.4) is 0 Å². The smallest absolute Gasteiger partial charge is 0.265 e. The van der Waals surface area contributed by atoms with Crippen LogP contribution in [-0.4, -0.2) is 56.2 Å².